The minimum atomic E-state index is 1.07. The summed E-state index contributed by atoms with van der Waals surface area (Å²) in [6, 6.07) is 109. The Balaban J connectivity index is 0.882. The molecule has 370 valence electrons. The summed E-state index contributed by atoms with van der Waals surface area (Å²) in [5, 5.41) is 12.1. The zero-order valence-electron chi connectivity index (χ0n) is 43.0. The van der Waals surface area contributed by atoms with Gasteiger partial charge in [0.1, 0.15) is 0 Å². The lowest BCUT2D eigenvalue weighted by atomic mass is 10.1. The second kappa shape index (κ2) is 18.0. The first-order valence-corrected chi connectivity index (χ1v) is 27.1. The number of nitrogens with zero attached hydrogens (tertiary/aromatic N) is 5. The molecular weight excluding hydrogens is 959 g/mol. The van der Waals surface area contributed by atoms with Crippen LogP contribution in [-0.4, -0.2) is 13.7 Å². The van der Waals surface area contributed by atoms with Gasteiger partial charge >= 0.3 is 0 Å². The normalized spacial score (nSPS) is 11.8. The van der Waals surface area contributed by atoms with Gasteiger partial charge in [-0.3, -0.25) is 0 Å². The molecule has 0 spiro atoms. The SMILES string of the molecule is c1ccc(N(c2ccc3c(c2)c2ccccc2n3-c2ccc3ccccc3c2)c2ccc3c(c2)c2cc(N(c4ccccc4)c4ccc5c(c4)c4ccccc4n5-c4ccc5ccccc5c4)ccc2n3-c2ccccc2)cc1. The summed E-state index contributed by atoms with van der Waals surface area (Å²) in [6.45, 7) is 0. The molecule has 0 aliphatic rings. The maximum absolute atomic E-state index is 2.42. The summed E-state index contributed by atoms with van der Waals surface area (Å²) in [7, 11) is 0. The molecule has 0 atom stereocenters. The highest BCUT2D eigenvalue weighted by Gasteiger charge is 2.23. The summed E-state index contributed by atoms with van der Waals surface area (Å²) >= 11 is 0. The molecule has 0 bridgehead atoms. The molecule has 16 rings (SSSR count). The largest absolute Gasteiger partial charge is 0.310 e. The summed E-state index contributed by atoms with van der Waals surface area (Å²) < 4.78 is 7.24. The van der Waals surface area contributed by atoms with Gasteiger partial charge in [-0.2, -0.15) is 0 Å². The average Bonchev–Trinajstić information content (AvgIpc) is 4.17. The fourth-order valence-corrected chi connectivity index (χ4v) is 12.6. The van der Waals surface area contributed by atoms with E-state index < -0.39 is 0 Å². The third kappa shape index (κ3) is 7.25. The number of aromatic nitrogens is 3. The maximum atomic E-state index is 2.42. The van der Waals surface area contributed by atoms with Crippen LogP contribution in [-0.2, 0) is 0 Å². The first kappa shape index (κ1) is 44.7. The Bertz CT molecular complexity index is 4730. The average molecular weight is 1010 g/mol. The second-order valence-electron chi connectivity index (χ2n) is 20.6. The van der Waals surface area contributed by atoms with E-state index in [1.165, 1.54) is 65.2 Å². The van der Waals surface area contributed by atoms with Crippen LogP contribution in [0.1, 0.15) is 0 Å². The van der Waals surface area contributed by atoms with Crippen LogP contribution in [0.4, 0.5) is 34.1 Å². The number of para-hydroxylation sites is 5. The van der Waals surface area contributed by atoms with E-state index in [0.717, 1.165) is 73.0 Å². The molecule has 5 heteroatoms. The van der Waals surface area contributed by atoms with Crippen molar-refractivity contribution in [1.82, 2.24) is 13.7 Å². The lowest BCUT2D eigenvalue weighted by Crippen LogP contribution is -2.10. The van der Waals surface area contributed by atoms with Crippen LogP contribution < -0.4 is 9.80 Å². The van der Waals surface area contributed by atoms with Gasteiger partial charge in [0.2, 0.25) is 0 Å². The number of hydrogen-bond donors (Lipinski definition) is 0. The standard InChI is InChI=1S/C74H49N5/c1-4-22-54(23-5-1)75(59-36-40-71-65(46-59)63-28-14-16-30-69(63)78(71)57-34-32-50-18-10-12-20-52(50)44-57)61-38-42-73-67(48-61)68-49-62(39-43-74(68)77(73)56-26-8-3-9-27-56)76(55-24-6-2-7-25-55)60-37-41-72-66(47-60)64-29-15-17-31-70(64)79(72)58-35-33-51-19-11-13-21-53(51)45-58/h1-49H. The van der Waals surface area contributed by atoms with Crippen LogP contribution in [0.5, 0.6) is 0 Å². The Hall–Kier alpha value is -10.6. The molecule has 0 aliphatic heterocycles. The lowest BCUT2D eigenvalue weighted by molar-refractivity contribution is 1.18. The van der Waals surface area contributed by atoms with Crippen molar-refractivity contribution >= 4 is 121 Å². The number of fused-ring (bicyclic) bond motifs is 11. The van der Waals surface area contributed by atoms with E-state index in [4.69, 9.17) is 0 Å². The molecule has 79 heavy (non-hydrogen) atoms. The molecule has 0 aliphatic carbocycles. The number of benzene rings is 13. The van der Waals surface area contributed by atoms with Crippen LogP contribution in [0.2, 0.25) is 0 Å². The zero-order valence-corrected chi connectivity index (χ0v) is 43.0. The highest BCUT2D eigenvalue weighted by molar-refractivity contribution is 6.15. The summed E-state index contributed by atoms with van der Waals surface area (Å²) in [5.41, 5.74) is 16.8. The predicted molar refractivity (Wildman–Crippen MR) is 334 cm³/mol. The molecule has 3 heterocycles. The fourth-order valence-electron chi connectivity index (χ4n) is 12.6. The fraction of sp³-hybridized carbons (Fsp3) is 0. The highest BCUT2D eigenvalue weighted by Crippen LogP contribution is 2.46. The summed E-state index contributed by atoms with van der Waals surface area (Å²) in [4.78, 5) is 4.83. The van der Waals surface area contributed by atoms with Crippen LogP contribution in [0.15, 0.2) is 297 Å². The van der Waals surface area contributed by atoms with E-state index in [0.29, 0.717) is 0 Å². The minimum Gasteiger partial charge on any atom is -0.310 e. The highest BCUT2D eigenvalue weighted by atomic mass is 15.2. The van der Waals surface area contributed by atoms with E-state index >= 15 is 0 Å². The van der Waals surface area contributed by atoms with Crippen molar-refractivity contribution < 1.29 is 0 Å². The molecule has 0 unspecified atom stereocenters. The summed E-state index contributed by atoms with van der Waals surface area (Å²) in [5.74, 6) is 0. The Morgan fingerprint density at radius 2 is 0.481 bits per heavy atom. The molecule has 0 radical (unpaired) electrons. The molecule has 3 aromatic heterocycles. The Labute approximate surface area is 456 Å². The molecule has 0 saturated heterocycles. The predicted octanol–water partition coefficient (Wildman–Crippen LogP) is 20.2. The zero-order chi connectivity index (χ0) is 52.0. The molecular formula is C74H49N5. The van der Waals surface area contributed by atoms with Gasteiger partial charge in [0.05, 0.1) is 33.1 Å². The van der Waals surface area contributed by atoms with Crippen molar-refractivity contribution in [3.63, 3.8) is 0 Å². The van der Waals surface area contributed by atoms with Gasteiger partial charge in [-0.05, 0) is 167 Å². The van der Waals surface area contributed by atoms with Gasteiger partial charge in [0.15, 0.2) is 0 Å². The minimum absolute atomic E-state index is 1.07. The Morgan fingerprint density at radius 1 is 0.177 bits per heavy atom. The monoisotopic (exact) mass is 1010 g/mol. The molecule has 0 saturated carbocycles. The Morgan fingerprint density at radius 3 is 0.886 bits per heavy atom. The van der Waals surface area contributed by atoms with Crippen LogP contribution in [0.3, 0.4) is 0 Å². The van der Waals surface area contributed by atoms with Crippen molar-refractivity contribution in [1.29, 1.82) is 0 Å². The van der Waals surface area contributed by atoms with E-state index in [-0.39, 0.29) is 0 Å². The van der Waals surface area contributed by atoms with Crippen LogP contribution in [0, 0.1) is 0 Å². The molecule has 0 fully saturated rings. The van der Waals surface area contributed by atoms with E-state index in [2.05, 4.69) is 321 Å². The molecule has 5 nitrogen and oxygen atoms in total. The quantitative estimate of drug-likeness (QED) is 0.144. The smallest absolute Gasteiger partial charge is 0.0542 e. The number of rotatable bonds is 9. The van der Waals surface area contributed by atoms with Crippen molar-refractivity contribution in [2.45, 2.75) is 0 Å². The number of hydrogen-bond acceptors (Lipinski definition) is 2. The van der Waals surface area contributed by atoms with Gasteiger partial charge in [0, 0.05) is 83.5 Å². The first-order chi connectivity index (χ1) is 39.2. The van der Waals surface area contributed by atoms with Gasteiger partial charge in [-0.15, -0.1) is 0 Å². The van der Waals surface area contributed by atoms with Gasteiger partial charge in [0.25, 0.3) is 0 Å². The van der Waals surface area contributed by atoms with Crippen molar-refractivity contribution in [2.75, 3.05) is 9.80 Å². The van der Waals surface area contributed by atoms with E-state index in [1.54, 1.807) is 0 Å². The van der Waals surface area contributed by atoms with Crippen LogP contribution in [0.25, 0.3) is 104 Å². The second-order valence-corrected chi connectivity index (χ2v) is 20.6. The lowest BCUT2D eigenvalue weighted by Gasteiger charge is -2.26. The number of anilines is 6. The molecule has 0 N–H and O–H groups in total. The Kier molecular flexibility index (Phi) is 10.2. The third-order valence-electron chi connectivity index (χ3n) is 16.1. The van der Waals surface area contributed by atoms with Gasteiger partial charge < -0.3 is 23.5 Å². The molecule has 16 aromatic rings. The van der Waals surface area contributed by atoms with Gasteiger partial charge in [-0.1, -0.05) is 152 Å². The molecule has 0 amide bonds. The van der Waals surface area contributed by atoms with Crippen molar-refractivity contribution in [3.05, 3.63) is 297 Å². The topological polar surface area (TPSA) is 21.3 Å². The van der Waals surface area contributed by atoms with E-state index in [1.807, 2.05) is 0 Å². The first-order valence-electron chi connectivity index (χ1n) is 27.1. The van der Waals surface area contributed by atoms with Crippen molar-refractivity contribution in [2.24, 2.45) is 0 Å². The summed E-state index contributed by atoms with van der Waals surface area (Å²) in [6.07, 6.45) is 0. The van der Waals surface area contributed by atoms with Crippen molar-refractivity contribution in [3.8, 4) is 17.1 Å². The van der Waals surface area contributed by atoms with Gasteiger partial charge in [-0.25, -0.2) is 0 Å². The van der Waals surface area contributed by atoms with Crippen LogP contribution >= 0.6 is 0 Å². The third-order valence-corrected chi connectivity index (χ3v) is 16.1. The maximum Gasteiger partial charge on any atom is 0.0542 e. The van der Waals surface area contributed by atoms with E-state index in [9.17, 15) is 0 Å². The molecule has 13 aromatic carbocycles.